The molecule has 0 saturated carbocycles. The second kappa shape index (κ2) is 6.15. The number of Topliss-reactive ketones (excluding diaryl/α,β-unsaturated/α-hetero) is 1. The van der Waals surface area contributed by atoms with Gasteiger partial charge < -0.3 is 9.47 Å². The lowest BCUT2D eigenvalue weighted by Gasteiger charge is -2.29. The van der Waals surface area contributed by atoms with Gasteiger partial charge in [0.05, 0.1) is 25.2 Å². The molecule has 0 aromatic carbocycles. The standard InChI is InChI=1S/C13H20O4/c14-10-7-11-5-3-1-2-4-6-16-13(15)9-12(8-10)17-11/h11-12H,1-9H2/t11-,12+/m1/s1. The van der Waals surface area contributed by atoms with Crippen LogP contribution in [-0.4, -0.2) is 30.6 Å². The van der Waals surface area contributed by atoms with Gasteiger partial charge in [-0.15, -0.1) is 0 Å². The molecule has 0 aromatic heterocycles. The maximum absolute atomic E-state index is 11.6. The van der Waals surface area contributed by atoms with Crippen LogP contribution in [-0.2, 0) is 19.1 Å². The Morgan fingerprint density at radius 2 is 1.65 bits per heavy atom. The van der Waals surface area contributed by atoms with Crippen LogP contribution in [0, 0.1) is 0 Å². The number of carbonyl (C=O) groups excluding carboxylic acids is 2. The van der Waals surface area contributed by atoms with Crippen molar-refractivity contribution in [1.82, 2.24) is 0 Å². The summed E-state index contributed by atoms with van der Waals surface area (Å²) in [5.74, 6) is -0.0138. The van der Waals surface area contributed by atoms with Crippen molar-refractivity contribution < 1.29 is 19.1 Å². The Kier molecular flexibility index (Phi) is 4.54. The van der Waals surface area contributed by atoms with Gasteiger partial charge in [0.25, 0.3) is 0 Å². The SMILES string of the molecule is O=C1C[C@H]2CCCCCCOC(=O)C[C@H](C1)O2. The average molecular weight is 240 g/mol. The minimum atomic E-state index is -0.256. The first-order valence-electron chi connectivity index (χ1n) is 6.57. The van der Waals surface area contributed by atoms with E-state index in [1.54, 1.807) is 0 Å². The normalized spacial score (nSPS) is 32.2. The summed E-state index contributed by atoms with van der Waals surface area (Å²) in [5.41, 5.74) is 0. The van der Waals surface area contributed by atoms with Crippen LogP contribution >= 0.6 is 0 Å². The van der Waals surface area contributed by atoms with Crippen LogP contribution in [0.5, 0.6) is 0 Å². The largest absolute Gasteiger partial charge is 0.466 e. The molecule has 2 atom stereocenters. The third-order valence-corrected chi connectivity index (χ3v) is 3.37. The lowest BCUT2D eigenvalue weighted by Crippen LogP contribution is -2.35. The van der Waals surface area contributed by atoms with E-state index in [4.69, 9.17) is 9.47 Å². The fourth-order valence-corrected chi connectivity index (χ4v) is 2.51. The molecule has 96 valence electrons. The molecule has 2 aliphatic heterocycles. The highest BCUT2D eigenvalue weighted by Gasteiger charge is 2.29. The summed E-state index contributed by atoms with van der Waals surface area (Å²) >= 11 is 0. The molecule has 0 unspecified atom stereocenters. The highest BCUT2D eigenvalue weighted by molar-refractivity contribution is 5.81. The number of esters is 1. The quantitative estimate of drug-likeness (QED) is 0.608. The van der Waals surface area contributed by atoms with Gasteiger partial charge in [-0.3, -0.25) is 9.59 Å². The molecule has 2 aliphatic rings. The lowest BCUT2D eigenvalue weighted by atomic mass is 9.97. The van der Waals surface area contributed by atoms with E-state index in [9.17, 15) is 9.59 Å². The van der Waals surface area contributed by atoms with Crippen LogP contribution in [0.25, 0.3) is 0 Å². The molecule has 4 heteroatoms. The Hall–Kier alpha value is -0.900. The Morgan fingerprint density at radius 1 is 0.882 bits per heavy atom. The molecule has 0 spiro atoms. The molecule has 2 rings (SSSR count). The van der Waals surface area contributed by atoms with E-state index in [0.717, 1.165) is 32.1 Å². The van der Waals surface area contributed by atoms with E-state index < -0.39 is 0 Å². The minimum Gasteiger partial charge on any atom is -0.466 e. The molecule has 2 heterocycles. The van der Waals surface area contributed by atoms with Crippen LogP contribution in [0.2, 0.25) is 0 Å². The van der Waals surface area contributed by atoms with Crippen LogP contribution in [0.15, 0.2) is 0 Å². The Balaban J connectivity index is 1.94. The maximum atomic E-state index is 11.6. The zero-order chi connectivity index (χ0) is 12.1. The zero-order valence-corrected chi connectivity index (χ0v) is 10.2. The number of ketones is 1. The summed E-state index contributed by atoms with van der Waals surface area (Å²) in [6.07, 6.45) is 6.06. The van der Waals surface area contributed by atoms with E-state index in [1.165, 1.54) is 0 Å². The first kappa shape index (κ1) is 12.6. The Labute approximate surface area is 102 Å². The van der Waals surface area contributed by atoms with Gasteiger partial charge in [0.1, 0.15) is 5.78 Å². The molecule has 4 nitrogen and oxygen atoms in total. The molecule has 2 bridgehead atoms. The van der Waals surface area contributed by atoms with E-state index >= 15 is 0 Å². The molecule has 17 heavy (non-hydrogen) atoms. The lowest BCUT2D eigenvalue weighted by molar-refractivity contribution is -0.152. The van der Waals surface area contributed by atoms with Gasteiger partial charge in [-0.2, -0.15) is 0 Å². The number of carbonyl (C=O) groups is 2. The van der Waals surface area contributed by atoms with Crippen LogP contribution in [0.4, 0.5) is 0 Å². The first-order valence-corrected chi connectivity index (χ1v) is 6.57. The highest BCUT2D eigenvalue weighted by Crippen LogP contribution is 2.23. The smallest absolute Gasteiger partial charge is 0.308 e. The molecule has 0 N–H and O–H groups in total. The van der Waals surface area contributed by atoms with Gasteiger partial charge in [0.15, 0.2) is 0 Å². The van der Waals surface area contributed by atoms with E-state index in [1.807, 2.05) is 0 Å². The Morgan fingerprint density at radius 3 is 2.53 bits per heavy atom. The zero-order valence-electron chi connectivity index (χ0n) is 10.2. The van der Waals surface area contributed by atoms with Crippen molar-refractivity contribution in [3.63, 3.8) is 0 Å². The average Bonchev–Trinajstić information content (AvgIpc) is 2.25. The molecule has 0 aromatic rings. The van der Waals surface area contributed by atoms with Gasteiger partial charge in [-0.1, -0.05) is 19.3 Å². The minimum absolute atomic E-state index is 0.0217. The molecule has 2 fully saturated rings. The summed E-state index contributed by atoms with van der Waals surface area (Å²) in [5, 5.41) is 0. The van der Waals surface area contributed by atoms with Gasteiger partial charge in [0.2, 0.25) is 0 Å². The van der Waals surface area contributed by atoms with Crippen LogP contribution in [0.1, 0.15) is 51.4 Å². The van der Waals surface area contributed by atoms with Crippen LogP contribution < -0.4 is 0 Å². The maximum Gasteiger partial charge on any atom is 0.308 e. The monoisotopic (exact) mass is 240 g/mol. The van der Waals surface area contributed by atoms with Crippen molar-refractivity contribution >= 4 is 11.8 Å². The van der Waals surface area contributed by atoms with Gasteiger partial charge in [-0.25, -0.2) is 0 Å². The molecule has 2 saturated heterocycles. The molecular formula is C13H20O4. The summed E-state index contributed by atoms with van der Waals surface area (Å²) in [6, 6.07) is 0. The van der Waals surface area contributed by atoms with Crippen molar-refractivity contribution in [2.24, 2.45) is 0 Å². The number of fused-ring (bicyclic) bond motifs is 2. The topological polar surface area (TPSA) is 52.6 Å². The second-order valence-corrected chi connectivity index (χ2v) is 4.95. The fraction of sp³-hybridized carbons (Fsp3) is 0.846. The number of hydrogen-bond acceptors (Lipinski definition) is 4. The van der Waals surface area contributed by atoms with Gasteiger partial charge in [0, 0.05) is 12.8 Å². The van der Waals surface area contributed by atoms with Gasteiger partial charge >= 0.3 is 5.97 Å². The summed E-state index contributed by atoms with van der Waals surface area (Å²) in [7, 11) is 0. The van der Waals surface area contributed by atoms with Crippen molar-refractivity contribution in [3.05, 3.63) is 0 Å². The summed E-state index contributed by atoms with van der Waals surface area (Å²) in [6.45, 7) is 0.503. The second-order valence-electron chi connectivity index (χ2n) is 4.95. The van der Waals surface area contributed by atoms with Crippen molar-refractivity contribution in [2.75, 3.05) is 6.61 Å². The molecule has 0 aliphatic carbocycles. The van der Waals surface area contributed by atoms with Gasteiger partial charge in [-0.05, 0) is 12.8 Å². The molecule has 0 radical (unpaired) electrons. The highest BCUT2D eigenvalue weighted by atomic mass is 16.5. The predicted octanol–water partition coefficient (Wildman–Crippen LogP) is 2.00. The van der Waals surface area contributed by atoms with Crippen molar-refractivity contribution in [2.45, 2.75) is 63.6 Å². The number of cyclic esters (lactones) is 1. The Bertz CT molecular complexity index is 287. The summed E-state index contributed by atoms with van der Waals surface area (Å²) < 4.78 is 10.9. The third-order valence-electron chi connectivity index (χ3n) is 3.37. The number of ether oxygens (including phenoxy) is 2. The van der Waals surface area contributed by atoms with Crippen molar-refractivity contribution in [1.29, 1.82) is 0 Å². The summed E-state index contributed by atoms with van der Waals surface area (Å²) in [4.78, 5) is 23.1. The molecule has 0 amide bonds. The van der Waals surface area contributed by atoms with Crippen LogP contribution in [0.3, 0.4) is 0 Å². The number of rotatable bonds is 0. The number of hydrogen-bond donors (Lipinski definition) is 0. The van der Waals surface area contributed by atoms with E-state index in [2.05, 4.69) is 0 Å². The third kappa shape index (κ3) is 4.11. The predicted molar refractivity (Wildman–Crippen MR) is 61.6 cm³/mol. The van der Waals surface area contributed by atoms with E-state index in [-0.39, 0.29) is 30.4 Å². The fourth-order valence-electron chi connectivity index (χ4n) is 2.51. The first-order chi connectivity index (χ1) is 8.24. The van der Waals surface area contributed by atoms with E-state index in [0.29, 0.717) is 19.4 Å². The van der Waals surface area contributed by atoms with Crippen molar-refractivity contribution in [3.8, 4) is 0 Å². The molecular weight excluding hydrogens is 220 g/mol.